The first kappa shape index (κ1) is 13.3. The second kappa shape index (κ2) is 5.14. The molecule has 4 nitrogen and oxygen atoms in total. The molecule has 1 N–H and O–H groups in total. The summed E-state index contributed by atoms with van der Waals surface area (Å²) in [4.78, 5) is 16.8. The molecule has 2 aliphatic heterocycles. The van der Waals surface area contributed by atoms with E-state index in [0.717, 1.165) is 24.3 Å². The molecule has 0 unspecified atom stereocenters. The van der Waals surface area contributed by atoms with Crippen LogP contribution in [0.5, 0.6) is 0 Å². The van der Waals surface area contributed by atoms with Gasteiger partial charge in [-0.1, -0.05) is 30.3 Å². The maximum atomic E-state index is 12.6. The number of nitrogens with one attached hydrogen (secondary N) is 1. The quantitative estimate of drug-likeness (QED) is 0.924. The van der Waals surface area contributed by atoms with Gasteiger partial charge in [-0.05, 0) is 36.7 Å². The van der Waals surface area contributed by atoms with Crippen molar-refractivity contribution in [2.75, 3.05) is 29.9 Å². The number of rotatable bonds is 2. The first-order chi connectivity index (χ1) is 10.8. The van der Waals surface area contributed by atoms with Crippen molar-refractivity contribution in [3.8, 4) is 0 Å². The molecule has 0 aromatic heterocycles. The van der Waals surface area contributed by atoms with Gasteiger partial charge >= 0.3 is 0 Å². The number of likely N-dealkylation sites (N-methyl/N-ethyl adjacent to an activating group) is 1. The summed E-state index contributed by atoms with van der Waals surface area (Å²) in [5.74, 6) is 0.105. The van der Waals surface area contributed by atoms with Crippen molar-refractivity contribution in [2.45, 2.75) is 13.0 Å². The van der Waals surface area contributed by atoms with Crippen molar-refractivity contribution >= 4 is 23.0 Å². The molecule has 1 amide bonds. The van der Waals surface area contributed by atoms with Crippen molar-refractivity contribution in [3.63, 3.8) is 0 Å². The third-order valence-electron chi connectivity index (χ3n) is 4.50. The van der Waals surface area contributed by atoms with Crippen LogP contribution < -0.4 is 15.1 Å². The largest absolute Gasteiger partial charge is 0.339 e. The Balaban J connectivity index is 1.90. The molecule has 0 radical (unpaired) electrons. The van der Waals surface area contributed by atoms with Crippen LogP contribution in [0.15, 0.2) is 42.5 Å². The van der Waals surface area contributed by atoms with Gasteiger partial charge in [-0.15, -0.1) is 0 Å². The van der Waals surface area contributed by atoms with Gasteiger partial charge < -0.3 is 15.1 Å². The number of nitrogens with zero attached hydrogens (tertiary/aromatic N) is 2. The van der Waals surface area contributed by atoms with Crippen LogP contribution in [0.2, 0.25) is 0 Å². The van der Waals surface area contributed by atoms with Gasteiger partial charge in [0, 0.05) is 12.2 Å². The van der Waals surface area contributed by atoms with Crippen molar-refractivity contribution in [1.29, 1.82) is 0 Å². The normalized spacial score (nSPS) is 15.3. The number of anilines is 3. The van der Waals surface area contributed by atoms with Crippen molar-refractivity contribution in [3.05, 3.63) is 53.6 Å². The predicted octanol–water partition coefficient (Wildman–Crippen LogP) is 2.45. The molecule has 4 heteroatoms. The third kappa shape index (κ3) is 1.91. The van der Waals surface area contributed by atoms with Crippen LogP contribution >= 0.6 is 0 Å². The molecule has 0 fully saturated rings. The van der Waals surface area contributed by atoms with Gasteiger partial charge in [0.15, 0.2) is 0 Å². The molecular weight excluding hydrogens is 274 g/mol. The first-order valence-electron chi connectivity index (χ1n) is 7.72. The maximum Gasteiger partial charge on any atom is 0.241 e. The van der Waals surface area contributed by atoms with Gasteiger partial charge in [-0.25, -0.2) is 0 Å². The summed E-state index contributed by atoms with van der Waals surface area (Å²) in [6.07, 6.45) is 1.07. The summed E-state index contributed by atoms with van der Waals surface area (Å²) in [5, 5.41) is 2.97. The first-order valence-corrected chi connectivity index (χ1v) is 7.72. The summed E-state index contributed by atoms with van der Waals surface area (Å²) in [5.41, 5.74) is 6.06. The highest BCUT2D eigenvalue weighted by Gasteiger charge is 2.31. The molecule has 0 spiro atoms. The number of hydrogen-bond donors (Lipinski definition) is 1. The van der Waals surface area contributed by atoms with Gasteiger partial charge in [0.05, 0.1) is 24.5 Å². The zero-order valence-electron chi connectivity index (χ0n) is 12.7. The van der Waals surface area contributed by atoms with Gasteiger partial charge in [0.25, 0.3) is 0 Å². The smallest absolute Gasteiger partial charge is 0.241 e. The summed E-state index contributed by atoms with van der Waals surface area (Å²) >= 11 is 0. The zero-order chi connectivity index (χ0) is 15.1. The number of carbonyl (C=O) groups excluding carboxylic acids is 1. The molecule has 2 aromatic rings. The number of benzene rings is 2. The fraction of sp³-hybridized carbons (Fsp3) is 0.278. The van der Waals surface area contributed by atoms with E-state index in [0.29, 0.717) is 13.1 Å². The average molecular weight is 293 g/mol. The maximum absolute atomic E-state index is 12.6. The average Bonchev–Trinajstić information content (AvgIpc) is 2.91. The molecule has 2 aromatic carbocycles. The molecule has 0 atom stereocenters. The van der Waals surface area contributed by atoms with E-state index in [1.165, 1.54) is 16.8 Å². The van der Waals surface area contributed by atoms with Gasteiger partial charge in [-0.3, -0.25) is 4.79 Å². The molecule has 0 bridgehead atoms. The van der Waals surface area contributed by atoms with Gasteiger partial charge in [0.1, 0.15) is 0 Å². The molecular formula is C18H19N3O. The fourth-order valence-corrected chi connectivity index (χ4v) is 3.55. The Labute approximate surface area is 130 Å². The van der Waals surface area contributed by atoms with Crippen molar-refractivity contribution in [1.82, 2.24) is 5.32 Å². The van der Waals surface area contributed by atoms with Gasteiger partial charge in [0.2, 0.25) is 5.91 Å². The lowest BCUT2D eigenvalue weighted by atomic mass is 10.1. The Kier molecular flexibility index (Phi) is 3.12. The van der Waals surface area contributed by atoms with Gasteiger partial charge in [-0.2, -0.15) is 0 Å². The van der Waals surface area contributed by atoms with E-state index in [2.05, 4.69) is 34.5 Å². The molecule has 2 heterocycles. The van der Waals surface area contributed by atoms with E-state index in [9.17, 15) is 4.79 Å². The molecule has 4 rings (SSSR count). The van der Waals surface area contributed by atoms with Crippen LogP contribution in [0.3, 0.4) is 0 Å². The monoisotopic (exact) mass is 293 g/mol. The molecule has 22 heavy (non-hydrogen) atoms. The highest BCUT2D eigenvalue weighted by molar-refractivity contribution is 6.00. The highest BCUT2D eigenvalue weighted by atomic mass is 16.2. The Hall–Kier alpha value is -2.33. The second-order valence-electron chi connectivity index (χ2n) is 5.83. The van der Waals surface area contributed by atoms with E-state index in [1.54, 1.807) is 0 Å². The Morgan fingerprint density at radius 2 is 1.86 bits per heavy atom. The molecule has 0 saturated carbocycles. The fourth-order valence-electron chi connectivity index (χ4n) is 3.55. The van der Waals surface area contributed by atoms with E-state index in [4.69, 9.17) is 0 Å². The third-order valence-corrected chi connectivity index (χ3v) is 4.50. The Bertz CT molecular complexity index is 741. The Morgan fingerprint density at radius 3 is 2.68 bits per heavy atom. The predicted molar refractivity (Wildman–Crippen MR) is 88.7 cm³/mol. The SMILES string of the molecule is CNCC(=O)N1Cc2cccc3c2N(CC3)c2ccccc21. The van der Waals surface area contributed by atoms with Crippen LogP contribution in [0.1, 0.15) is 11.1 Å². The second-order valence-corrected chi connectivity index (χ2v) is 5.83. The molecule has 0 aliphatic carbocycles. The van der Waals surface area contributed by atoms with Crippen molar-refractivity contribution < 1.29 is 4.79 Å². The van der Waals surface area contributed by atoms with E-state index in [1.807, 2.05) is 30.1 Å². The summed E-state index contributed by atoms with van der Waals surface area (Å²) in [6, 6.07) is 14.7. The van der Waals surface area contributed by atoms with Crippen LogP contribution in [-0.4, -0.2) is 26.0 Å². The minimum Gasteiger partial charge on any atom is -0.339 e. The summed E-state index contributed by atoms with van der Waals surface area (Å²) in [7, 11) is 1.81. The van der Waals surface area contributed by atoms with E-state index >= 15 is 0 Å². The number of amides is 1. The topological polar surface area (TPSA) is 35.6 Å². The minimum absolute atomic E-state index is 0.105. The van der Waals surface area contributed by atoms with Crippen LogP contribution in [0.4, 0.5) is 17.1 Å². The lowest BCUT2D eigenvalue weighted by Gasteiger charge is -2.25. The lowest BCUT2D eigenvalue weighted by molar-refractivity contribution is -0.117. The number of para-hydroxylation sites is 3. The lowest BCUT2D eigenvalue weighted by Crippen LogP contribution is -2.36. The summed E-state index contributed by atoms with van der Waals surface area (Å²) < 4.78 is 0. The standard InChI is InChI=1S/C18H19N3O/c1-19-11-17(22)21-12-14-6-4-5-13-9-10-20(18(13)14)15-7-2-3-8-16(15)21/h2-8,19H,9-12H2,1H3. The van der Waals surface area contributed by atoms with Crippen molar-refractivity contribution in [2.24, 2.45) is 0 Å². The van der Waals surface area contributed by atoms with E-state index < -0.39 is 0 Å². The molecule has 2 aliphatic rings. The number of fused-ring (bicyclic) bond motifs is 2. The minimum atomic E-state index is 0.105. The zero-order valence-corrected chi connectivity index (χ0v) is 12.7. The molecule has 112 valence electrons. The highest BCUT2D eigenvalue weighted by Crippen LogP contribution is 2.45. The Morgan fingerprint density at radius 1 is 1.09 bits per heavy atom. The number of carbonyl (C=O) groups is 1. The number of hydrogen-bond acceptors (Lipinski definition) is 3. The van der Waals surface area contributed by atoms with Crippen LogP contribution in [0.25, 0.3) is 0 Å². The molecule has 0 saturated heterocycles. The van der Waals surface area contributed by atoms with Crippen LogP contribution in [-0.2, 0) is 17.8 Å². The summed E-state index contributed by atoms with van der Waals surface area (Å²) in [6.45, 7) is 1.97. The van der Waals surface area contributed by atoms with Crippen LogP contribution in [0, 0.1) is 0 Å². The van der Waals surface area contributed by atoms with E-state index in [-0.39, 0.29) is 5.91 Å².